The number of nitrogens with one attached hydrogen (secondary N) is 1. The first-order valence-electron chi connectivity index (χ1n) is 4.79. The maximum absolute atomic E-state index is 9.53. The summed E-state index contributed by atoms with van der Waals surface area (Å²) in [5.41, 5.74) is 1.14. The summed E-state index contributed by atoms with van der Waals surface area (Å²) < 4.78 is 4.95. The largest absolute Gasteiger partial charge is 0.472 e. The minimum atomic E-state index is -0.160. The highest BCUT2D eigenvalue weighted by Crippen LogP contribution is 2.19. The molecule has 1 fully saturated rings. The van der Waals surface area contributed by atoms with Gasteiger partial charge in [-0.25, -0.2) is 0 Å². The second-order valence-electron chi connectivity index (χ2n) is 3.62. The van der Waals surface area contributed by atoms with Crippen molar-refractivity contribution in [2.75, 3.05) is 0 Å². The normalized spacial score (nSPS) is 28.1. The minimum Gasteiger partial charge on any atom is -0.472 e. The lowest BCUT2D eigenvalue weighted by atomic mass is 10.2. The van der Waals surface area contributed by atoms with Crippen molar-refractivity contribution in [2.24, 2.45) is 0 Å². The highest BCUT2D eigenvalue weighted by Gasteiger charge is 2.24. The number of aliphatic hydroxyl groups excluding tert-OH is 1. The van der Waals surface area contributed by atoms with Gasteiger partial charge < -0.3 is 14.8 Å². The van der Waals surface area contributed by atoms with E-state index < -0.39 is 0 Å². The van der Waals surface area contributed by atoms with E-state index in [1.165, 1.54) is 0 Å². The smallest absolute Gasteiger partial charge is 0.0947 e. The van der Waals surface area contributed by atoms with Gasteiger partial charge in [-0.3, -0.25) is 0 Å². The summed E-state index contributed by atoms with van der Waals surface area (Å²) in [7, 11) is 0. The number of hydrogen-bond donors (Lipinski definition) is 2. The molecule has 1 aromatic rings. The van der Waals surface area contributed by atoms with Gasteiger partial charge >= 0.3 is 0 Å². The Bertz CT molecular complexity index is 245. The molecule has 72 valence electrons. The Hall–Kier alpha value is -0.800. The Morgan fingerprint density at radius 1 is 1.54 bits per heavy atom. The fourth-order valence-corrected chi connectivity index (χ4v) is 1.82. The molecular weight excluding hydrogens is 166 g/mol. The van der Waals surface area contributed by atoms with Gasteiger partial charge in [-0.15, -0.1) is 0 Å². The monoisotopic (exact) mass is 181 g/mol. The highest BCUT2D eigenvalue weighted by molar-refractivity contribution is 5.05. The van der Waals surface area contributed by atoms with Crippen molar-refractivity contribution < 1.29 is 9.52 Å². The van der Waals surface area contributed by atoms with Crippen molar-refractivity contribution in [1.29, 1.82) is 0 Å². The van der Waals surface area contributed by atoms with Crippen LogP contribution in [0.3, 0.4) is 0 Å². The summed E-state index contributed by atoms with van der Waals surface area (Å²) in [5.74, 6) is 0. The van der Waals surface area contributed by atoms with Crippen molar-refractivity contribution in [3.05, 3.63) is 24.2 Å². The summed E-state index contributed by atoms with van der Waals surface area (Å²) >= 11 is 0. The van der Waals surface area contributed by atoms with Crippen LogP contribution in [0.4, 0.5) is 0 Å². The molecule has 2 N–H and O–H groups in total. The van der Waals surface area contributed by atoms with Crippen LogP contribution >= 0.6 is 0 Å². The molecule has 3 heteroatoms. The van der Waals surface area contributed by atoms with Gasteiger partial charge in [0.15, 0.2) is 0 Å². The van der Waals surface area contributed by atoms with Crippen LogP contribution in [0.15, 0.2) is 23.0 Å². The van der Waals surface area contributed by atoms with Crippen LogP contribution in [0.1, 0.15) is 24.8 Å². The summed E-state index contributed by atoms with van der Waals surface area (Å²) in [4.78, 5) is 0. The molecule has 3 nitrogen and oxygen atoms in total. The molecule has 13 heavy (non-hydrogen) atoms. The SMILES string of the molecule is O[C@H]1CCC[C@@H]1NCc1ccoc1. The number of hydrogen-bond acceptors (Lipinski definition) is 3. The van der Waals surface area contributed by atoms with Crippen molar-refractivity contribution >= 4 is 0 Å². The molecule has 0 aromatic carbocycles. The van der Waals surface area contributed by atoms with Crippen LogP contribution in [0.25, 0.3) is 0 Å². The molecule has 1 saturated carbocycles. The van der Waals surface area contributed by atoms with E-state index in [1.54, 1.807) is 12.5 Å². The van der Waals surface area contributed by atoms with Gasteiger partial charge in [0.05, 0.1) is 18.6 Å². The zero-order valence-corrected chi connectivity index (χ0v) is 7.57. The van der Waals surface area contributed by atoms with E-state index in [1.807, 2.05) is 6.07 Å². The fourth-order valence-electron chi connectivity index (χ4n) is 1.82. The van der Waals surface area contributed by atoms with Crippen LogP contribution < -0.4 is 5.32 Å². The molecule has 1 heterocycles. The molecule has 1 aliphatic carbocycles. The Balaban J connectivity index is 1.79. The first-order valence-corrected chi connectivity index (χ1v) is 4.79. The minimum absolute atomic E-state index is 0.160. The molecule has 0 unspecified atom stereocenters. The molecule has 0 spiro atoms. The predicted octanol–water partition coefficient (Wildman–Crippen LogP) is 1.28. The topological polar surface area (TPSA) is 45.4 Å². The van der Waals surface area contributed by atoms with Crippen molar-refractivity contribution in [3.63, 3.8) is 0 Å². The van der Waals surface area contributed by atoms with E-state index in [-0.39, 0.29) is 12.1 Å². The maximum atomic E-state index is 9.53. The molecule has 2 atom stereocenters. The number of rotatable bonds is 3. The average molecular weight is 181 g/mol. The molecule has 0 bridgehead atoms. The van der Waals surface area contributed by atoms with Gasteiger partial charge in [0.2, 0.25) is 0 Å². The third kappa shape index (κ3) is 2.11. The van der Waals surface area contributed by atoms with Gasteiger partial charge in [-0.2, -0.15) is 0 Å². The summed E-state index contributed by atoms with van der Waals surface area (Å²) in [6, 6.07) is 2.21. The molecule has 0 saturated heterocycles. The first-order chi connectivity index (χ1) is 6.36. The van der Waals surface area contributed by atoms with E-state index in [4.69, 9.17) is 4.42 Å². The van der Waals surface area contributed by atoms with E-state index in [0.717, 1.165) is 31.4 Å². The molecule has 2 rings (SSSR count). The second kappa shape index (κ2) is 3.94. The van der Waals surface area contributed by atoms with Gasteiger partial charge in [-0.05, 0) is 25.3 Å². The Kier molecular flexibility index (Phi) is 2.66. The van der Waals surface area contributed by atoms with Crippen molar-refractivity contribution in [3.8, 4) is 0 Å². The van der Waals surface area contributed by atoms with E-state index in [2.05, 4.69) is 5.32 Å². The van der Waals surface area contributed by atoms with E-state index in [0.29, 0.717) is 0 Å². The van der Waals surface area contributed by atoms with Crippen molar-refractivity contribution in [1.82, 2.24) is 5.32 Å². The summed E-state index contributed by atoms with van der Waals surface area (Å²) in [6.45, 7) is 0.790. The molecule has 0 aliphatic heterocycles. The molecule has 1 aliphatic rings. The first kappa shape index (κ1) is 8.78. The van der Waals surface area contributed by atoms with Crippen LogP contribution in [0, 0.1) is 0 Å². The quantitative estimate of drug-likeness (QED) is 0.738. The Morgan fingerprint density at radius 3 is 3.08 bits per heavy atom. The van der Waals surface area contributed by atoms with Crippen molar-refractivity contribution in [2.45, 2.75) is 38.0 Å². The Morgan fingerprint density at radius 2 is 2.46 bits per heavy atom. The van der Waals surface area contributed by atoms with Crippen LogP contribution in [-0.4, -0.2) is 17.3 Å². The van der Waals surface area contributed by atoms with E-state index >= 15 is 0 Å². The maximum Gasteiger partial charge on any atom is 0.0947 e. The van der Waals surface area contributed by atoms with Gasteiger partial charge in [-0.1, -0.05) is 0 Å². The lowest BCUT2D eigenvalue weighted by Gasteiger charge is -2.15. The highest BCUT2D eigenvalue weighted by atomic mass is 16.3. The lowest BCUT2D eigenvalue weighted by Crippen LogP contribution is -2.34. The van der Waals surface area contributed by atoms with Gasteiger partial charge in [0.25, 0.3) is 0 Å². The Labute approximate surface area is 77.8 Å². The van der Waals surface area contributed by atoms with Crippen LogP contribution in [0.2, 0.25) is 0 Å². The molecular formula is C10H15NO2. The van der Waals surface area contributed by atoms with E-state index in [9.17, 15) is 5.11 Å². The molecule has 0 radical (unpaired) electrons. The molecule has 1 aromatic heterocycles. The van der Waals surface area contributed by atoms with Gasteiger partial charge in [0.1, 0.15) is 0 Å². The fraction of sp³-hybridized carbons (Fsp3) is 0.600. The van der Waals surface area contributed by atoms with Crippen LogP contribution in [-0.2, 0) is 6.54 Å². The number of aliphatic hydroxyl groups is 1. The summed E-state index contributed by atoms with van der Waals surface area (Å²) in [5, 5.41) is 12.9. The molecule has 0 amide bonds. The third-order valence-electron chi connectivity index (χ3n) is 2.63. The predicted molar refractivity (Wildman–Crippen MR) is 49.2 cm³/mol. The van der Waals surface area contributed by atoms with Gasteiger partial charge in [0, 0.05) is 18.2 Å². The summed E-state index contributed by atoms with van der Waals surface area (Å²) in [6.07, 6.45) is 6.38. The van der Waals surface area contributed by atoms with Crippen LogP contribution in [0.5, 0.6) is 0 Å². The number of furan rings is 1. The average Bonchev–Trinajstić information content (AvgIpc) is 2.72. The zero-order valence-electron chi connectivity index (χ0n) is 7.57. The lowest BCUT2D eigenvalue weighted by molar-refractivity contribution is 0.148. The zero-order chi connectivity index (χ0) is 9.10. The second-order valence-corrected chi connectivity index (χ2v) is 3.62. The third-order valence-corrected chi connectivity index (χ3v) is 2.63. The standard InChI is InChI=1S/C10H15NO2/c12-10-3-1-2-9(10)11-6-8-4-5-13-7-8/h4-5,7,9-12H,1-3,6H2/t9-,10-/m0/s1.